The summed E-state index contributed by atoms with van der Waals surface area (Å²) in [5, 5.41) is 4.04. The van der Waals surface area contributed by atoms with Crippen molar-refractivity contribution in [3.63, 3.8) is 0 Å². The Labute approximate surface area is 172 Å². The normalized spacial score (nSPS) is 19.1. The second-order valence-corrected chi connectivity index (χ2v) is 7.98. The summed E-state index contributed by atoms with van der Waals surface area (Å²) in [6.07, 6.45) is 4.72. The quantitative estimate of drug-likeness (QED) is 0.523. The van der Waals surface area contributed by atoms with E-state index in [4.69, 9.17) is 13.7 Å². The number of carbonyl (C=O) groups is 1. The molecule has 9 nitrogen and oxygen atoms in total. The number of likely N-dealkylation sites (tertiary alicyclic amines) is 1. The molecule has 1 unspecified atom stereocenters. The summed E-state index contributed by atoms with van der Waals surface area (Å²) < 4.78 is 17.7. The smallest absolute Gasteiger partial charge is 0.408 e. The Kier molecular flexibility index (Phi) is 5.12. The number of benzene rings is 1. The standard InChI is InChI=1S/C21H24N4O5/c26-19(12-25-15-4-1-2-6-17(15)29-21(25)27)24-10-3-5-16(24)20-22-18(23-30-20)9-11-28-13-14-7-8-14/h1-2,4,6,14,16H,3,5,7-13H2. The van der Waals surface area contributed by atoms with Gasteiger partial charge in [0.05, 0.1) is 12.1 Å². The summed E-state index contributed by atoms with van der Waals surface area (Å²) in [6, 6.07) is 6.82. The third-order valence-electron chi connectivity index (χ3n) is 5.73. The van der Waals surface area contributed by atoms with Crippen molar-refractivity contribution in [3.8, 4) is 0 Å². The number of para-hydroxylation sites is 2. The lowest BCUT2D eigenvalue weighted by Crippen LogP contribution is -2.35. The molecule has 3 heterocycles. The molecule has 0 spiro atoms. The summed E-state index contributed by atoms with van der Waals surface area (Å²) in [5.74, 6) is 1.06. The largest absolute Gasteiger partial charge is 0.420 e. The van der Waals surface area contributed by atoms with Crippen molar-refractivity contribution in [2.24, 2.45) is 5.92 Å². The van der Waals surface area contributed by atoms with Gasteiger partial charge in [-0.1, -0.05) is 17.3 Å². The molecule has 2 aliphatic rings. The van der Waals surface area contributed by atoms with E-state index in [2.05, 4.69) is 10.1 Å². The van der Waals surface area contributed by atoms with Gasteiger partial charge in [0.15, 0.2) is 11.4 Å². The molecule has 1 amide bonds. The maximum absolute atomic E-state index is 13.0. The highest BCUT2D eigenvalue weighted by Gasteiger charge is 2.34. The van der Waals surface area contributed by atoms with E-state index < -0.39 is 5.76 Å². The van der Waals surface area contributed by atoms with Crippen LogP contribution in [0, 0.1) is 5.92 Å². The molecule has 30 heavy (non-hydrogen) atoms. The van der Waals surface area contributed by atoms with Crippen molar-refractivity contribution in [1.29, 1.82) is 0 Å². The van der Waals surface area contributed by atoms with Crippen LogP contribution in [0.2, 0.25) is 0 Å². The van der Waals surface area contributed by atoms with Gasteiger partial charge in [-0.15, -0.1) is 0 Å². The van der Waals surface area contributed by atoms with E-state index in [-0.39, 0.29) is 18.5 Å². The van der Waals surface area contributed by atoms with E-state index in [0.29, 0.717) is 42.4 Å². The summed E-state index contributed by atoms with van der Waals surface area (Å²) in [5.41, 5.74) is 1.08. The van der Waals surface area contributed by atoms with Crippen molar-refractivity contribution >= 4 is 17.0 Å². The minimum Gasteiger partial charge on any atom is -0.408 e. The van der Waals surface area contributed by atoms with E-state index in [1.54, 1.807) is 23.1 Å². The number of carbonyl (C=O) groups excluding carboxylic acids is 1. The highest BCUT2D eigenvalue weighted by atomic mass is 16.5. The van der Waals surface area contributed by atoms with Crippen LogP contribution in [0.15, 0.2) is 38.0 Å². The van der Waals surface area contributed by atoms with Crippen molar-refractivity contribution in [2.75, 3.05) is 19.8 Å². The predicted molar refractivity (Wildman–Crippen MR) is 106 cm³/mol. The first kappa shape index (κ1) is 19.0. The number of hydrogen-bond donors (Lipinski definition) is 0. The van der Waals surface area contributed by atoms with Crippen molar-refractivity contribution in [1.82, 2.24) is 19.6 Å². The van der Waals surface area contributed by atoms with Crippen LogP contribution in [0.4, 0.5) is 0 Å². The molecule has 0 bridgehead atoms. The molecule has 1 aromatic carbocycles. The Bertz CT molecular complexity index is 1100. The summed E-state index contributed by atoms with van der Waals surface area (Å²) in [6.45, 7) is 1.88. The average Bonchev–Trinajstić information content (AvgIpc) is 3.14. The molecule has 1 saturated heterocycles. The van der Waals surface area contributed by atoms with Crippen LogP contribution in [-0.4, -0.2) is 45.3 Å². The summed E-state index contributed by atoms with van der Waals surface area (Å²) >= 11 is 0. The summed E-state index contributed by atoms with van der Waals surface area (Å²) in [7, 11) is 0. The second-order valence-electron chi connectivity index (χ2n) is 7.98. The fraction of sp³-hybridized carbons (Fsp3) is 0.524. The van der Waals surface area contributed by atoms with Crippen molar-refractivity contribution in [2.45, 2.75) is 44.7 Å². The van der Waals surface area contributed by atoms with Gasteiger partial charge in [0, 0.05) is 19.6 Å². The highest BCUT2D eigenvalue weighted by Crippen LogP contribution is 2.31. The maximum Gasteiger partial charge on any atom is 0.420 e. The van der Waals surface area contributed by atoms with Crippen LogP contribution >= 0.6 is 0 Å². The van der Waals surface area contributed by atoms with Gasteiger partial charge < -0.3 is 18.6 Å². The Hall–Kier alpha value is -2.94. The molecular weight excluding hydrogens is 388 g/mol. The van der Waals surface area contributed by atoms with Crippen LogP contribution in [0.5, 0.6) is 0 Å². The van der Waals surface area contributed by atoms with E-state index in [1.165, 1.54) is 17.4 Å². The van der Waals surface area contributed by atoms with Crippen molar-refractivity contribution in [3.05, 3.63) is 46.5 Å². The Balaban J connectivity index is 1.25. The first-order valence-electron chi connectivity index (χ1n) is 10.5. The molecule has 1 aliphatic carbocycles. The monoisotopic (exact) mass is 412 g/mol. The molecule has 1 aliphatic heterocycles. The van der Waals surface area contributed by atoms with Gasteiger partial charge in [-0.3, -0.25) is 9.36 Å². The number of aromatic nitrogens is 3. The van der Waals surface area contributed by atoms with Gasteiger partial charge in [-0.2, -0.15) is 4.98 Å². The van der Waals surface area contributed by atoms with Crippen LogP contribution < -0.4 is 5.76 Å². The lowest BCUT2D eigenvalue weighted by molar-refractivity contribution is -0.133. The minimum atomic E-state index is -0.536. The van der Waals surface area contributed by atoms with Gasteiger partial charge in [0.2, 0.25) is 11.8 Å². The zero-order chi connectivity index (χ0) is 20.5. The van der Waals surface area contributed by atoms with Crippen LogP contribution in [0.1, 0.15) is 43.4 Å². The molecule has 1 saturated carbocycles. The molecule has 9 heteroatoms. The molecule has 3 aromatic rings. The zero-order valence-corrected chi connectivity index (χ0v) is 16.7. The molecule has 158 valence electrons. The molecule has 0 N–H and O–H groups in total. The minimum absolute atomic E-state index is 0.0810. The Morgan fingerprint density at radius 2 is 2.10 bits per heavy atom. The zero-order valence-electron chi connectivity index (χ0n) is 16.7. The van der Waals surface area contributed by atoms with Crippen LogP contribution in [0.3, 0.4) is 0 Å². The topological polar surface area (TPSA) is 104 Å². The third-order valence-corrected chi connectivity index (χ3v) is 5.73. The predicted octanol–water partition coefficient (Wildman–Crippen LogP) is 2.31. The second kappa shape index (κ2) is 8.06. The Morgan fingerprint density at radius 3 is 2.97 bits per heavy atom. The fourth-order valence-electron chi connectivity index (χ4n) is 3.91. The molecule has 2 aromatic heterocycles. The third kappa shape index (κ3) is 3.89. The van der Waals surface area contributed by atoms with Gasteiger partial charge in [0.25, 0.3) is 0 Å². The first-order valence-corrected chi connectivity index (χ1v) is 10.5. The summed E-state index contributed by atoms with van der Waals surface area (Å²) in [4.78, 5) is 31.4. The number of nitrogens with zero attached hydrogens (tertiary/aromatic N) is 4. The number of hydrogen-bond acceptors (Lipinski definition) is 7. The number of ether oxygens (including phenoxy) is 1. The molecule has 2 fully saturated rings. The molecular formula is C21H24N4O5. The molecule has 5 rings (SSSR count). The fourth-order valence-corrected chi connectivity index (χ4v) is 3.91. The maximum atomic E-state index is 13.0. The SMILES string of the molecule is O=C(Cn1c(=O)oc2ccccc21)N1CCCC1c1nc(CCOCC2CC2)no1. The lowest BCUT2D eigenvalue weighted by atomic mass is 10.2. The lowest BCUT2D eigenvalue weighted by Gasteiger charge is -2.21. The first-order chi connectivity index (χ1) is 14.7. The van der Waals surface area contributed by atoms with Crippen LogP contribution in [0.25, 0.3) is 11.1 Å². The van der Waals surface area contributed by atoms with E-state index in [9.17, 15) is 9.59 Å². The molecule has 1 atom stereocenters. The van der Waals surface area contributed by atoms with E-state index in [1.807, 2.05) is 6.07 Å². The number of rotatable bonds is 8. The number of amides is 1. The molecule has 0 radical (unpaired) electrons. The Morgan fingerprint density at radius 1 is 1.23 bits per heavy atom. The van der Waals surface area contributed by atoms with Crippen molar-refractivity contribution < 1.29 is 18.5 Å². The number of oxazole rings is 1. The van der Waals surface area contributed by atoms with Gasteiger partial charge in [-0.05, 0) is 43.7 Å². The van der Waals surface area contributed by atoms with E-state index in [0.717, 1.165) is 25.4 Å². The number of fused-ring (bicyclic) bond motifs is 1. The van der Waals surface area contributed by atoms with E-state index >= 15 is 0 Å². The van der Waals surface area contributed by atoms with Gasteiger partial charge >= 0.3 is 5.76 Å². The van der Waals surface area contributed by atoms with Gasteiger partial charge in [0.1, 0.15) is 12.6 Å². The van der Waals surface area contributed by atoms with Gasteiger partial charge in [-0.25, -0.2) is 4.79 Å². The highest BCUT2D eigenvalue weighted by molar-refractivity contribution is 5.80. The average molecular weight is 412 g/mol. The van der Waals surface area contributed by atoms with Crippen LogP contribution in [-0.2, 0) is 22.5 Å².